The van der Waals surface area contributed by atoms with Gasteiger partial charge < -0.3 is 23.7 Å². The Bertz CT molecular complexity index is 1280. The van der Waals surface area contributed by atoms with E-state index in [0.29, 0.717) is 28.0 Å². The van der Waals surface area contributed by atoms with Crippen LogP contribution in [-0.4, -0.2) is 46.9 Å². The van der Waals surface area contributed by atoms with Crippen LogP contribution in [0.15, 0.2) is 42.5 Å². The van der Waals surface area contributed by atoms with Gasteiger partial charge in [-0.3, -0.25) is 4.79 Å². The first kappa shape index (κ1) is 26.7. The van der Waals surface area contributed by atoms with Crippen molar-refractivity contribution in [2.75, 3.05) is 35.5 Å². The van der Waals surface area contributed by atoms with E-state index >= 15 is 0 Å². The molecule has 0 heterocycles. The summed E-state index contributed by atoms with van der Waals surface area (Å²) >= 11 is 0. The second kappa shape index (κ2) is 11.2. The first-order valence-electron chi connectivity index (χ1n) is 10.9. The zero-order chi connectivity index (χ0) is 26.6. The van der Waals surface area contributed by atoms with Crippen LogP contribution in [0.1, 0.15) is 37.4 Å². The van der Waals surface area contributed by atoms with E-state index in [9.17, 15) is 14.2 Å². The maximum absolute atomic E-state index is 13.9. The van der Waals surface area contributed by atoms with Crippen LogP contribution in [0.4, 0.5) is 0 Å². The second-order valence-electron chi connectivity index (χ2n) is 7.74. The van der Waals surface area contributed by atoms with Crippen molar-refractivity contribution < 1.29 is 37.8 Å². The van der Waals surface area contributed by atoms with Crippen molar-refractivity contribution in [3.8, 4) is 28.7 Å². The molecule has 0 radical (unpaired) electrons. The minimum atomic E-state index is -2.79. The first-order valence-corrected chi connectivity index (χ1v) is 12.2. The maximum atomic E-state index is 13.9. The lowest BCUT2D eigenvalue weighted by atomic mass is 9.93. The van der Waals surface area contributed by atoms with Crippen molar-refractivity contribution >= 4 is 24.4 Å². The van der Waals surface area contributed by atoms with Gasteiger partial charge in [-0.15, -0.1) is 0 Å². The van der Waals surface area contributed by atoms with Gasteiger partial charge in [-0.2, -0.15) is 0 Å². The van der Waals surface area contributed by atoms with Gasteiger partial charge in [0.25, 0.3) is 5.30 Å². The fourth-order valence-corrected chi connectivity index (χ4v) is 5.66. The minimum absolute atomic E-state index is 0.00855. The zero-order valence-corrected chi connectivity index (χ0v) is 22.1. The third kappa shape index (κ3) is 4.64. The van der Waals surface area contributed by atoms with E-state index in [1.165, 1.54) is 47.7 Å². The Morgan fingerprint density at radius 2 is 1.19 bits per heavy atom. The van der Waals surface area contributed by atoms with Gasteiger partial charge in [0, 0.05) is 34.4 Å². The molecule has 0 aliphatic rings. The molecule has 0 aromatic heterocycles. The molecule has 0 amide bonds. The predicted molar refractivity (Wildman–Crippen MR) is 137 cm³/mol. The lowest BCUT2D eigenvalue weighted by Crippen LogP contribution is -2.19. The fraction of sp³-hybridized carbons (Fsp3) is 0.259. The highest BCUT2D eigenvalue weighted by atomic mass is 31.1. The number of ether oxygens (including phenoxy) is 5. The predicted octanol–water partition coefficient (Wildman–Crippen LogP) is 4.87. The number of ketones is 1. The van der Waals surface area contributed by atoms with E-state index < -0.39 is 13.3 Å². The molecule has 188 valence electrons. The lowest BCUT2D eigenvalue weighted by molar-refractivity contribution is 0.103. The van der Waals surface area contributed by atoms with Gasteiger partial charge in [0.2, 0.25) is 0 Å². The van der Waals surface area contributed by atoms with Crippen molar-refractivity contribution in [3.63, 3.8) is 0 Å². The number of methoxy groups -OCH3 is 5. The Balaban J connectivity index is 2.25. The SMILES string of the molecule is COc1cc(OC)c(C(=O)[P+](=O)c2c(OC)c(C)c(C(=O)c3ccccc3)c(C)c2OC)c(OC)c1. The number of carbonyl (C=O) groups excluding carboxylic acids is 2. The maximum Gasteiger partial charge on any atom is 0.466 e. The van der Waals surface area contributed by atoms with Crippen molar-refractivity contribution in [3.05, 3.63) is 70.3 Å². The Morgan fingerprint density at radius 1 is 0.694 bits per heavy atom. The van der Waals surface area contributed by atoms with Crippen LogP contribution >= 0.6 is 7.80 Å². The largest absolute Gasteiger partial charge is 0.496 e. The Labute approximate surface area is 210 Å². The van der Waals surface area contributed by atoms with E-state index in [4.69, 9.17) is 23.7 Å². The normalized spacial score (nSPS) is 10.9. The molecular formula is C27H28O8P+. The summed E-state index contributed by atoms with van der Waals surface area (Å²) in [5, 5.41) is 0.0551. The topological polar surface area (TPSA) is 97.4 Å². The van der Waals surface area contributed by atoms with Gasteiger partial charge in [0.1, 0.15) is 17.2 Å². The number of rotatable bonds is 10. The molecule has 0 bridgehead atoms. The van der Waals surface area contributed by atoms with Gasteiger partial charge in [-0.25, -0.2) is 4.79 Å². The Kier molecular flexibility index (Phi) is 8.33. The molecule has 0 saturated carbocycles. The highest BCUT2D eigenvalue weighted by Crippen LogP contribution is 2.45. The monoisotopic (exact) mass is 511 g/mol. The summed E-state index contributed by atoms with van der Waals surface area (Å²) in [7, 11) is 4.22. The molecule has 8 nitrogen and oxygen atoms in total. The Morgan fingerprint density at radius 3 is 1.61 bits per heavy atom. The van der Waals surface area contributed by atoms with Crippen molar-refractivity contribution in [1.82, 2.24) is 0 Å². The molecule has 1 atom stereocenters. The molecule has 3 aromatic carbocycles. The smallest absolute Gasteiger partial charge is 0.466 e. The molecule has 0 N–H and O–H groups in total. The van der Waals surface area contributed by atoms with Gasteiger partial charge >= 0.3 is 13.3 Å². The summed E-state index contributed by atoms with van der Waals surface area (Å²) in [4.78, 5) is 27.0. The zero-order valence-electron chi connectivity index (χ0n) is 21.3. The average molecular weight is 511 g/mol. The third-order valence-electron chi connectivity index (χ3n) is 5.85. The summed E-state index contributed by atoms with van der Waals surface area (Å²) in [6.45, 7) is 3.38. The molecular weight excluding hydrogens is 483 g/mol. The second-order valence-corrected chi connectivity index (χ2v) is 9.18. The quantitative estimate of drug-likeness (QED) is 0.281. The molecule has 0 spiro atoms. The van der Waals surface area contributed by atoms with Crippen molar-refractivity contribution in [2.24, 2.45) is 0 Å². The van der Waals surface area contributed by atoms with E-state index in [1.807, 2.05) is 6.07 Å². The molecule has 3 rings (SSSR count). The summed E-state index contributed by atoms with van der Waals surface area (Å²) in [6, 6.07) is 11.8. The molecule has 1 unspecified atom stereocenters. The van der Waals surface area contributed by atoms with Crippen LogP contribution < -0.4 is 29.0 Å². The van der Waals surface area contributed by atoms with Gasteiger partial charge in [0.05, 0.1) is 35.5 Å². The van der Waals surface area contributed by atoms with Crippen LogP contribution in [-0.2, 0) is 4.57 Å². The van der Waals surface area contributed by atoms with Crippen LogP contribution in [0.25, 0.3) is 0 Å². The van der Waals surface area contributed by atoms with Crippen LogP contribution in [0, 0.1) is 13.8 Å². The van der Waals surface area contributed by atoms with E-state index in [2.05, 4.69) is 0 Å². The van der Waals surface area contributed by atoms with Crippen molar-refractivity contribution in [1.29, 1.82) is 0 Å². The summed E-state index contributed by atoms with van der Waals surface area (Å²) < 4.78 is 41.1. The molecule has 0 saturated heterocycles. The molecule has 0 fully saturated rings. The van der Waals surface area contributed by atoms with Gasteiger partial charge in [0.15, 0.2) is 22.8 Å². The highest BCUT2D eigenvalue weighted by molar-refractivity contribution is 7.72. The Hall–Kier alpha value is -3.90. The molecule has 0 aliphatic carbocycles. The van der Waals surface area contributed by atoms with Crippen LogP contribution in [0.5, 0.6) is 28.7 Å². The fourth-order valence-electron chi connectivity index (χ4n) is 4.14. The molecule has 3 aromatic rings. The number of hydrogen-bond donors (Lipinski definition) is 0. The average Bonchev–Trinajstić information content (AvgIpc) is 2.91. The summed E-state index contributed by atoms with van der Waals surface area (Å²) in [5.74, 6) is 0.716. The number of benzene rings is 3. The minimum Gasteiger partial charge on any atom is -0.496 e. The van der Waals surface area contributed by atoms with Crippen LogP contribution in [0.3, 0.4) is 0 Å². The van der Waals surface area contributed by atoms with E-state index in [1.54, 1.807) is 38.1 Å². The number of carbonyl (C=O) groups is 2. The molecule has 36 heavy (non-hydrogen) atoms. The first-order chi connectivity index (χ1) is 17.2. The molecule has 0 aliphatic heterocycles. The van der Waals surface area contributed by atoms with Crippen LogP contribution in [0.2, 0.25) is 0 Å². The van der Waals surface area contributed by atoms with Gasteiger partial charge in [-0.1, -0.05) is 34.9 Å². The molecule has 9 heteroatoms. The summed E-state index contributed by atoms with van der Waals surface area (Å²) in [5.41, 5.74) is 0.974. The van der Waals surface area contributed by atoms with Gasteiger partial charge in [-0.05, 0) is 13.8 Å². The summed E-state index contributed by atoms with van der Waals surface area (Å²) in [6.07, 6.45) is 0. The third-order valence-corrected chi connectivity index (χ3v) is 7.25. The van der Waals surface area contributed by atoms with E-state index in [-0.39, 0.29) is 39.6 Å². The van der Waals surface area contributed by atoms with E-state index in [0.717, 1.165) is 0 Å². The number of hydrogen-bond acceptors (Lipinski definition) is 8. The standard InChI is InChI=1S/C27H28O8P/c1-15-21(23(28)17-11-9-8-10-12-17)16(2)25(35-7)26(24(15)34-6)36(30)27(29)22-19(32-4)13-18(31-3)14-20(22)33-5/h8-14H,1-7H3/q+1. The lowest BCUT2D eigenvalue weighted by Gasteiger charge is -2.17. The van der Waals surface area contributed by atoms with Crippen molar-refractivity contribution in [2.45, 2.75) is 13.8 Å². The highest BCUT2D eigenvalue weighted by Gasteiger charge is 2.45.